The molecule has 0 saturated heterocycles. The van der Waals surface area contributed by atoms with Gasteiger partial charge in [0.05, 0.1) is 16.8 Å². The van der Waals surface area contributed by atoms with Crippen molar-refractivity contribution in [2.45, 2.75) is 5.41 Å². The van der Waals surface area contributed by atoms with Crippen LogP contribution in [0.5, 0.6) is 0 Å². The van der Waals surface area contributed by atoms with Crippen molar-refractivity contribution in [2.24, 2.45) is 0 Å². The maximum atomic E-state index is 2.59. The van der Waals surface area contributed by atoms with Crippen LogP contribution in [0.2, 0.25) is 0 Å². The van der Waals surface area contributed by atoms with Crippen LogP contribution in [-0.2, 0) is 5.41 Å². The predicted octanol–water partition coefficient (Wildman–Crippen LogP) is 16.9. The van der Waals surface area contributed by atoms with E-state index in [9.17, 15) is 0 Å². The van der Waals surface area contributed by atoms with Gasteiger partial charge in [0.2, 0.25) is 0 Å². The molecule has 0 unspecified atom stereocenters. The molecule has 0 atom stereocenters. The van der Waals surface area contributed by atoms with Crippen LogP contribution in [0.25, 0.3) is 87.2 Å². The Morgan fingerprint density at radius 1 is 0.250 bits per heavy atom. The van der Waals surface area contributed by atoms with Crippen LogP contribution in [-0.4, -0.2) is 0 Å². The third-order valence-electron chi connectivity index (χ3n) is 14.4. The molecule has 2 aliphatic rings. The zero-order valence-electron chi connectivity index (χ0n) is 35.0. The summed E-state index contributed by atoms with van der Waals surface area (Å²) in [5, 5.41) is 12.5. The highest BCUT2D eigenvalue weighted by molar-refractivity contribution is 6.26. The van der Waals surface area contributed by atoms with Gasteiger partial charge >= 0.3 is 0 Å². The van der Waals surface area contributed by atoms with Crippen molar-refractivity contribution in [1.29, 1.82) is 0 Å². The fourth-order valence-electron chi connectivity index (χ4n) is 11.8. The lowest BCUT2D eigenvalue weighted by atomic mass is 9.70. The molecule has 0 saturated carbocycles. The van der Waals surface area contributed by atoms with E-state index in [1.54, 1.807) is 0 Å². The van der Waals surface area contributed by atoms with Gasteiger partial charge in [-0.1, -0.05) is 206 Å². The highest BCUT2D eigenvalue weighted by Gasteiger charge is 2.52. The molecule has 64 heavy (non-hydrogen) atoms. The minimum atomic E-state index is -0.501. The average molecular weight is 810 g/mol. The number of anilines is 3. The smallest absolute Gasteiger partial charge is 0.0726 e. The van der Waals surface area contributed by atoms with E-state index in [-0.39, 0.29) is 0 Å². The van der Waals surface area contributed by atoms with Crippen molar-refractivity contribution in [2.75, 3.05) is 4.90 Å². The molecule has 296 valence electrons. The maximum absolute atomic E-state index is 2.59. The van der Waals surface area contributed by atoms with Crippen molar-refractivity contribution < 1.29 is 0 Å². The van der Waals surface area contributed by atoms with Crippen LogP contribution in [0.1, 0.15) is 22.3 Å². The van der Waals surface area contributed by atoms with Crippen LogP contribution >= 0.6 is 0 Å². The van der Waals surface area contributed by atoms with Gasteiger partial charge in [0.1, 0.15) is 0 Å². The lowest BCUT2D eigenvalue weighted by molar-refractivity contribution is 0.794. The molecule has 0 aromatic heterocycles. The fraction of sp³-hybridized carbons (Fsp3) is 0.0159. The summed E-state index contributed by atoms with van der Waals surface area (Å²) in [6.07, 6.45) is 0. The van der Waals surface area contributed by atoms with Gasteiger partial charge in [0.25, 0.3) is 0 Å². The molecule has 1 nitrogen and oxygen atoms in total. The number of hydrogen-bond acceptors (Lipinski definition) is 1. The minimum Gasteiger partial charge on any atom is -0.309 e. The molecule has 12 aromatic carbocycles. The van der Waals surface area contributed by atoms with E-state index in [4.69, 9.17) is 0 Å². The largest absolute Gasteiger partial charge is 0.309 e. The van der Waals surface area contributed by atoms with Crippen molar-refractivity contribution in [3.05, 3.63) is 259 Å². The highest BCUT2D eigenvalue weighted by atomic mass is 15.1. The van der Waals surface area contributed by atoms with E-state index in [0.717, 1.165) is 17.1 Å². The van der Waals surface area contributed by atoms with Gasteiger partial charge in [0.15, 0.2) is 0 Å². The number of hydrogen-bond donors (Lipinski definition) is 0. The van der Waals surface area contributed by atoms with Crippen LogP contribution < -0.4 is 4.90 Å². The molecule has 1 heteroatoms. The molecule has 1 spiro atoms. The Bertz CT molecular complexity index is 3830. The molecule has 0 heterocycles. The summed E-state index contributed by atoms with van der Waals surface area (Å²) in [6.45, 7) is 0. The monoisotopic (exact) mass is 809 g/mol. The van der Waals surface area contributed by atoms with Crippen LogP contribution in [0.15, 0.2) is 237 Å². The van der Waals surface area contributed by atoms with Crippen molar-refractivity contribution in [3.8, 4) is 33.4 Å². The highest BCUT2D eigenvalue weighted by Crippen LogP contribution is 2.64. The second-order valence-corrected chi connectivity index (χ2v) is 17.5. The van der Waals surface area contributed by atoms with E-state index < -0.39 is 5.41 Å². The second-order valence-electron chi connectivity index (χ2n) is 17.5. The molecular formula is C63H39N. The molecule has 0 fully saturated rings. The lowest BCUT2D eigenvalue weighted by Gasteiger charge is -2.34. The Kier molecular flexibility index (Phi) is 7.38. The summed E-state index contributed by atoms with van der Waals surface area (Å²) in [5.41, 5.74) is 15.8. The lowest BCUT2D eigenvalue weighted by Crippen LogP contribution is -2.26. The normalized spacial score (nSPS) is 13.1. The minimum absolute atomic E-state index is 0.501. The van der Waals surface area contributed by atoms with Crippen LogP contribution in [0.4, 0.5) is 17.1 Å². The quantitative estimate of drug-likeness (QED) is 0.160. The van der Waals surface area contributed by atoms with Gasteiger partial charge in [-0.3, -0.25) is 0 Å². The summed E-state index contributed by atoms with van der Waals surface area (Å²) in [6, 6.07) is 88.7. The third-order valence-corrected chi connectivity index (χ3v) is 14.4. The first-order valence-corrected chi connectivity index (χ1v) is 22.3. The van der Waals surface area contributed by atoms with Crippen molar-refractivity contribution >= 4 is 70.9 Å². The van der Waals surface area contributed by atoms with Gasteiger partial charge in [-0.05, 0) is 129 Å². The van der Waals surface area contributed by atoms with E-state index in [1.165, 1.54) is 109 Å². The van der Waals surface area contributed by atoms with Crippen LogP contribution in [0.3, 0.4) is 0 Å². The molecule has 0 amide bonds. The first-order chi connectivity index (χ1) is 31.8. The molecule has 14 rings (SSSR count). The Balaban J connectivity index is 1.16. The summed E-state index contributed by atoms with van der Waals surface area (Å²) in [5.74, 6) is 0. The van der Waals surface area contributed by atoms with Gasteiger partial charge in [-0.2, -0.15) is 0 Å². The molecule has 0 radical (unpaired) electrons. The molecule has 0 bridgehead atoms. The predicted molar refractivity (Wildman–Crippen MR) is 270 cm³/mol. The third kappa shape index (κ3) is 4.73. The number of fused-ring (bicyclic) bond motifs is 19. The molecule has 12 aromatic rings. The standard InChI is InChI=1S/C63H39N/c1-2-18-40(19-3-1)54-38-56-52-29-14-17-33-59(52)63(57-31-15-12-27-50(57)51-28-13-16-32-58(51)63)60(56)39-62(54)64(61-36-41-20-4-5-21-43(41)44-22-10-11-30-53(44)61)42-34-35-49-47-25-7-6-23-45(47)46-24-8-9-26-48(46)55(49)37-42/h1-39H. The Labute approximate surface area is 371 Å². The molecular weight excluding hydrogens is 771 g/mol. The first kappa shape index (κ1) is 35.3. The summed E-state index contributed by atoms with van der Waals surface area (Å²) >= 11 is 0. The zero-order valence-corrected chi connectivity index (χ0v) is 35.0. The van der Waals surface area contributed by atoms with Gasteiger partial charge < -0.3 is 4.90 Å². The number of rotatable bonds is 4. The zero-order chi connectivity index (χ0) is 41.9. The fourth-order valence-corrected chi connectivity index (χ4v) is 11.8. The van der Waals surface area contributed by atoms with Crippen molar-refractivity contribution in [3.63, 3.8) is 0 Å². The van der Waals surface area contributed by atoms with Crippen LogP contribution in [0, 0.1) is 0 Å². The summed E-state index contributed by atoms with van der Waals surface area (Å²) < 4.78 is 0. The summed E-state index contributed by atoms with van der Waals surface area (Å²) in [7, 11) is 0. The van der Waals surface area contributed by atoms with E-state index in [0.29, 0.717) is 0 Å². The SMILES string of the molecule is c1ccc(-c2cc3c(cc2N(c2ccc4c5ccccc5c5ccccc5c4c2)c2cc4ccccc4c4ccccc24)C2(c4ccccc4-c4ccccc42)c2ccccc2-3)cc1. The van der Waals surface area contributed by atoms with E-state index in [2.05, 4.69) is 241 Å². The van der Waals surface area contributed by atoms with E-state index in [1.807, 2.05) is 0 Å². The van der Waals surface area contributed by atoms with Gasteiger partial charge in [-0.15, -0.1) is 0 Å². The first-order valence-electron chi connectivity index (χ1n) is 22.3. The number of nitrogens with zero attached hydrogens (tertiary/aromatic N) is 1. The number of benzene rings is 12. The molecule has 0 N–H and O–H groups in total. The Morgan fingerprint density at radius 2 is 0.703 bits per heavy atom. The molecule has 0 aliphatic heterocycles. The average Bonchev–Trinajstić information content (AvgIpc) is 3.83. The van der Waals surface area contributed by atoms with Gasteiger partial charge in [-0.25, -0.2) is 0 Å². The summed E-state index contributed by atoms with van der Waals surface area (Å²) in [4.78, 5) is 2.59. The Morgan fingerprint density at radius 3 is 1.31 bits per heavy atom. The molecule has 2 aliphatic carbocycles. The van der Waals surface area contributed by atoms with Gasteiger partial charge in [0, 0.05) is 16.6 Å². The van der Waals surface area contributed by atoms with E-state index >= 15 is 0 Å². The van der Waals surface area contributed by atoms with Crippen molar-refractivity contribution in [1.82, 2.24) is 0 Å². The topological polar surface area (TPSA) is 3.24 Å². The maximum Gasteiger partial charge on any atom is 0.0726 e. The second kappa shape index (κ2) is 13.4. The Hall–Kier alpha value is -8.26.